The number of aromatic nitrogens is 1. The van der Waals surface area contributed by atoms with Crippen LogP contribution in [0.5, 0.6) is 0 Å². The Hall–Kier alpha value is -2.10. The van der Waals surface area contributed by atoms with Crippen molar-refractivity contribution in [2.75, 3.05) is 26.8 Å². The van der Waals surface area contributed by atoms with Crippen molar-refractivity contribution in [3.8, 4) is 0 Å². The molecule has 1 aliphatic heterocycles. The fraction of sp³-hybridized carbons (Fsp3) is 0.381. The number of rotatable bonds is 9. The van der Waals surface area contributed by atoms with Crippen molar-refractivity contribution in [1.29, 1.82) is 0 Å². The fourth-order valence-corrected chi connectivity index (χ4v) is 4.47. The Morgan fingerprint density at radius 2 is 2.13 bits per heavy atom. The number of hydrogen-bond donors (Lipinski definition) is 1. The van der Waals surface area contributed by atoms with Crippen LogP contribution < -0.4 is 5.32 Å². The monoisotopic (exact) mass is 493 g/mol. The number of imide groups is 1. The van der Waals surface area contributed by atoms with E-state index in [1.54, 1.807) is 13.2 Å². The van der Waals surface area contributed by atoms with Crippen LogP contribution in [0, 0.1) is 0 Å². The number of nitrogens with one attached hydrogen (secondary N) is 1. The van der Waals surface area contributed by atoms with Gasteiger partial charge in [-0.3, -0.25) is 19.3 Å². The number of methoxy groups -OCH3 is 1. The lowest BCUT2D eigenvalue weighted by Gasteiger charge is -2.09. The summed E-state index contributed by atoms with van der Waals surface area (Å²) in [4.78, 5) is 38.8. The summed E-state index contributed by atoms with van der Waals surface area (Å²) in [6, 6.07) is 5.79. The van der Waals surface area contributed by atoms with Gasteiger partial charge >= 0.3 is 0 Å². The van der Waals surface area contributed by atoms with Crippen LogP contribution in [0.2, 0.25) is 0 Å². The molecule has 1 saturated heterocycles. The second-order valence-corrected chi connectivity index (χ2v) is 8.81. The fourth-order valence-electron chi connectivity index (χ4n) is 3.26. The van der Waals surface area contributed by atoms with Gasteiger partial charge in [0.05, 0.1) is 4.91 Å². The number of nitrogens with zero attached hydrogens (tertiary/aromatic N) is 2. The molecule has 0 spiro atoms. The molecular formula is C21H24BrN3O4S. The molecule has 3 rings (SSSR count). The molecule has 2 heterocycles. The molecule has 0 bridgehead atoms. The van der Waals surface area contributed by atoms with Gasteiger partial charge in [0.2, 0.25) is 5.91 Å². The van der Waals surface area contributed by atoms with E-state index >= 15 is 0 Å². The molecule has 7 nitrogen and oxygen atoms in total. The largest absolute Gasteiger partial charge is 0.385 e. The standard InChI is InChI=1S/C21H24BrN3O4S/c1-3-8-25-20(27)18(30-21(25)28)10-14-12-24(13-19(26)23-7-4-9-29-2)17-6-5-15(22)11-16(14)17/h5-6,10-12H,3-4,7-9,13H2,1-2H3,(H,23,26)/b18-10-. The molecule has 1 aromatic heterocycles. The van der Waals surface area contributed by atoms with Crippen LogP contribution in [0.15, 0.2) is 33.8 Å². The van der Waals surface area contributed by atoms with Gasteiger partial charge in [0.1, 0.15) is 6.54 Å². The Balaban J connectivity index is 1.87. The number of carbonyl (C=O) groups excluding carboxylic acids is 3. The normalized spacial score (nSPS) is 15.6. The minimum Gasteiger partial charge on any atom is -0.385 e. The third kappa shape index (κ3) is 5.14. The zero-order valence-corrected chi connectivity index (χ0v) is 19.3. The summed E-state index contributed by atoms with van der Waals surface area (Å²) < 4.78 is 7.74. The first-order chi connectivity index (χ1) is 14.4. The zero-order chi connectivity index (χ0) is 21.7. The summed E-state index contributed by atoms with van der Waals surface area (Å²) in [6.45, 7) is 3.65. The molecule has 9 heteroatoms. The van der Waals surface area contributed by atoms with Crippen molar-refractivity contribution >= 4 is 61.7 Å². The van der Waals surface area contributed by atoms with Crippen LogP contribution in [0.1, 0.15) is 25.3 Å². The molecule has 2 aromatic rings. The SMILES string of the molecule is CCCN1C(=O)S/C(=C\c2cn(CC(=O)NCCCOC)c3ccc(Br)cc23)C1=O. The minimum atomic E-state index is -0.265. The maximum absolute atomic E-state index is 12.6. The smallest absolute Gasteiger partial charge is 0.293 e. The summed E-state index contributed by atoms with van der Waals surface area (Å²) >= 11 is 4.44. The summed E-state index contributed by atoms with van der Waals surface area (Å²) in [7, 11) is 1.63. The third-order valence-electron chi connectivity index (χ3n) is 4.64. The van der Waals surface area contributed by atoms with Gasteiger partial charge in [-0.15, -0.1) is 0 Å². The predicted molar refractivity (Wildman–Crippen MR) is 122 cm³/mol. The van der Waals surface area contributed by atoms with Gasteiger partial charge in [-0.2, -0.15) is 0 Å². The van der Waals surface area contributed by atoms with Crippen molar-refractivity contribution in [2.45, 2.75) is 26.3 Å². The Labute approximate surface area is 187 Å². The van der Waals surface area contributed by atoms with Crippen LogP contribution in [0.3, 0.4) is 0 Å². The maximum Gasteiger partial charge on any atom is 0.293 e. The van der Waals surface area contributed by atoms with Crippen molar-refractivity contribution in [3.05, 3.63) is 39.3 Å². The van der Waals surface area contributed by atoms with E-state index in [4.69, 9.17) is 4.74 Å². The Morgan fingerprint density at radius 3 is 2.87 bits per heavy atom. The second-order valence-electron chi connectivity index (χ2n) is 6.90. The summed E-state index contributed by atoms with van der Waals surface area (Å²) in [5, 5.41) is 3.54. The van der Waals surface area contributed by atoms with E-state index in [-0.39, 0.29) is 23.6 Å². The molecule has 0 atom stereocenters. The Bertz CT molecular complexity index is 1000. The number of amides is 3. The molecule has 1 N–H and O–H groups in total. The van der Waals surface area contributed by atoms with Crippen LogP contribution in [-0.2, 0) is 20.9 Å². The second kappa shape index (κ2) is 10.3. The Kier molecular flexibility index (Phi) is 7.74. The van der Waals surface area contributed by atoms with E-state index in [1.807, 2.05) is 35.9 Å². The molecular weight excluding hydrogens is 470 g/mol. The van der Waals surface area contributed by atoms with Gasteiger partial charge in [-0.05, 0) is 48.9 Å². The summed E-state index contributed by atoms with van der Waals surface area (Å²) in [5.74, 6) is -0.362. The van der Waals surface area contributed by atoms with E-state index in [1.165, 1.54) is 4.90 Å². The molecule has 1 aromatic carbocycles. The average Bonchev–Trinajstić information content (AvgIpc) is 3.17. The predicted octanol–water partition coefficient (Wildman–Crippen LogP) is 4.00. The van der Waals surface area contributed by atoms with Crippen LogP contribution >= 0.6 is 27.7 Å². The molecule has 160 valence electrons. The quantitative estimate of drug-likeness (QED) is 0.421. The highest BCUT2D eigenvalue weighted by atomic mass is 79.9. The maximum atomic E-state index is 12.6. The number of ether oxygens (including phenoxy) is 1. The van der Waals surface area contributed by atoms with E-state index in [0.29, 0.717) is 24.6 Å². The third-order valence-corrected chi connectivity index (χ3v) is 6.04. The number of hydrogen-bond acceptors (Lipinski definition) is 5. The first-order valence-electron chi connectivity index (χ1n) is 9.74. The summed E-state index contributed by atoms with van der Waals surface area (Å²) in [5.41, 5.74) is 1.67. The van der Waals surface area contributed by atoms with E-state index in [0.717, 1.165) is 45.5 Å². The Morgan fingerprint density at radius 1 is 1.33 bits per heavy atom. The molecule has 0 saturated carbocycles. The number of thioether (sulfide) groups is 1. The van der Waals surface area contributed by atoms with Gasteiger partial charge in [0.15, 0.2) is 0 Å². The molecule has 30 heavy (non-hydrogen) atoms. The van der Waals surface area contributed by atoms with E-state index in [2.05, 4.69) is 21.2 Å². The van der Waals surface area contributed by atoms with Crippen molar-refractivity contribution in [3.63, 3.8) is 0 Å². The summed E-state index contributed by atoms with van der Waals surface area (Å²) in [6.07, 6.45) is 5.06. The van der Waals surface area contributed by atoms with Crippen LogP contribution in [0.25, 0.3) is 17.0 Å². The van der Waals surface area contributed by atoms with E-state index < -0.39 is 0 Å². The highest BCUT2D eigenvalue weighted by molar-refractivity contribution is 9.10. The molecule has 3 amide bonds. The molecule has 0 radical (unpaired) electrons. The number of halogens is 1. The number of fused-ring (bicyclic) bond motifs is 1. The average molecular weight is 494 g/mol. The molecule has 0 unspecified atom stereocenters. The van der Waals surface area contributed by atoms with E-state index in [9.17, 15) is 14.4 Å². The molecule has 1 aliphatic rings. The van der Waals surface area contributed by atoms with Gasteiger partial charge in [0, 0.05) is 53.9 Å². The van der Waals surface area contributed by atoms with Gasteiger partial charge in [-0.25, -0.2) is 0 Å². The zero-order valence-electron chi connectivity index (χ0n) is 16.9. The lowest BCUT2D eigenvalue weighted by atomic mass is 10.1. The van der Waals surface area contributed by atoms with Crippen LogP contribution in [0.4, 0.5) is 4.79 Å². The minimum absolute atomic E-state index is 0.0965. The topological polar surface area (TPSA) is 80.6 Å². The molecule has 0 aliphatic carbocycles. The van der Waals surface area contributed by atoms with Gasteiger partial charge < -0.3 is 14.6 Å². The highest BCUT2D eigenvalue weighted by Gasteiger charge is 2.34. The van der Waals surface area contributed by atoms with Gasteiger partial charge in [-0.1, -0.05) is 22.9 Å². The number of benzene rings is 1. The first kappa shape index (κ1) is 22.6. The van der Waals surface area contributed by atoms with Gasteiger partial charge in [0.25, 0.3) is 11.1 Å². The highest BCUT2D eigenvalue weighted by Crippen LogP contribution is 2.34. The molecule has 1 fully saturated rings. The van der Waals surface area contributed by atoms with Crippen molar-refractivity contribution in [1.82, 2.24) is 14.8 Å². The van der Waals surface area contributed by atoms with Crippen molar-refractivity contribution < 1.29 is 19.1 Å². The lowest BCUT2D eigenvalue weighted by Crippen LogP contribution is -2.28. The van der Waals surface area contributed by atoms with Crippen molar-refractivity contribution in [2.24, 2.45) is 0 Å². The van der Waals surface area contributed by atoms with Crippen LogP contribution in [-0.4, -0.2) is 53.3 Å². The number of carbonyl (C=O) groups is 3. The first-order valence-corrected chi connectivity index (χ1v) is 11.3. The lowest BCUT2D eigenvalue weighted by molar-refractivity contribution is -0.123.